The summed E-state index contributed by atoms with van der Waals surface area (Å²) in [6.45, 7) is 7.34. The van der Waals surface area contributed by atoms with Crippen LogP contribution in [-0.2, 0) is 4.74 Å². The molecule has 2 N–H and O–H groups in total. The van der Waals surface area contributed by atoms with E-state index < -0.39 is 0 Å². The van der Waals surface area contributed by atoms with Gasteiger partial charge in [0.1, 0.15) is 17.5 Å². The highest BCUT2D eigenvalue weighted by Crippen LogP contribution is 2.09. The minimum Gasteiger partial charge on any atom is -0.377 e. The molecule has 0 aliphatic heterocycles. The van der Waals surface area contributed by atoms with Gasteiger partial charge in [-0.15, -0.1) is 0 Å². The molecule has 0 saturated heterocycles. The molecule has 0 aromatic carbocycles. The second-order valence-corrected chi connectivity index (χ2v) is 3.78. The van der Waals surface area contributed by atoms with Gasteiger partial charge in [-0.2, -0.15) is 0 Å². The summed E-state index contributed by atoms with van der Waals surface area (Å²) >= 11 is 0. The van der Waals surface area contributed by atoms with Gasteiger partial charge in [-0.1, -0.05) is 0 Å². The standard InChI is InChI=1S/C11H20N4O/c1-8(2)16-6-5-13-11-7-10(12-4)14-9(3)15-11/h7-8H,5-6H2,1-4H3,(H2,12,13,14,15). The van der Waals surface area contributed by atoms with Crippen molar-refractivity contribution in [2.75, 3.05) is 30.8 Å². The summed E-state index contributed by atoms with van der Waals surface area (Å²) in [5.74, 6) is 2.39. The Balaban J connectivity index is 2.44. The van der Waals surface area contributed by atoms with E-state index >= 15 is 0 Å². The van der Waals surface area contributed by atoms with Crippen LogP contribution in [0.1, 0.15) is 19.7 Å². The van der Waals surface area contributed by atoms with Crippen LogP contribution < -0.4 is 10.6 Å². The lowest BCUT2D eigenvalue weighted by Gasteiger charge is -2.10. The minimum atomic E-state index is 0.266. The van der Waals surface area contributed by atoms with Crippen LogP contribution in [0.5, 0.6) is 0 Å². The molecule has 1 aromatic rings. The summed E-state index contributed by atoms with van der Waals surface area (Å²) in [4.78, 5) is 8.50. The van der Waals surface area contributed by atoms with Crippen molar-refractivity contribution in [3.05, 3.63) is 11.9 Å². The summed E-state index contributed by atoms with van der Waals surface area (Å²) in [6.07, 6.45) is 0.266. The lowest BCUT2D eigenvalue weighted by Crippen LogP contribution is -2.14. The van der Waals surface area contributed by atoms with Gasteiger partial charge in [0.05, 0.1) is 12.7 Å². The fourth-order valence-corrected chi connectivity index (χ4v) is 1.26. The summed E-state index contributed by atoms with van der Waals surface area (Å²) in [7, 11) is 1.84. The number of ether oxygens (including phenoxy) is 1. The maximum atomic E-state index is 5.43. The van der Waals surface area contributed by atoms with E-state index in [1.165, 1.54) is 0 Å². The number of hydrogen-bond donors (Lipinski definition) is 2. The summed E-state index contributed by atoms with van der Waals surface area (Å²) in [5, 5.41) is 6.19. The van der Waals surface area contributed by atoms with Gasteiger partial charge in [-0.25, -0.2) is 9.97 Å². The average molecular weight is 224 g/mol. The highest BCUT2D eigenvalue weighted by molar-refractivity contribution is 5.46. The molecule has 0 aliphatic rings. The maximum absolute atomic E-state index is 5.43. The van der Waals surface area contributed by atoms with E-state index in [0.29, 0.717) is 6.61 Å². The van der Waals surface area contributed by atoms with Crippen molar-refractivity contribution in [2.45, 2.75) is 26.9 Å². The fraction of sp³-hybridized carbons (Fsp3) is 0.636. The fourth-order valence-electron chi connectivity index (χ4n) is 1.26. The molecular weight excluding hydrogens is 204 g/mol. The van der Waals surface area contributed by atoms with Gasteiger partial charge in [0.25, 0.3) is 0 Å². The third kappa shape index (κ3) is 4.44. The second-order valence-electron chi connectivity index (χ2n) is 3.78. The number of hydrogen-bond acceptors (Lipinski definition) is 5. The molecule has 90 valence electrons. The predicted molar refractivity (Wildman–Crippen MR) is 65.9 cm³/mol. The molecule has 0 saturated carbocycles. The van der Waals surface area contributed by atoms with E-state index in [9.17, 15) is 0 Å². The lowest BCUT2D eigenvalue weighted by molar-refractivity contribution is 0.0870. The molecule has 0 bridgehead atoms. The molecule has 0 fully saturated rings. The molecule has 0 spiro atoms. The Hall–Kier alpha value is -1.36. The third-order valence-corrected chi connectivity index (χ3v) is 1.95. The van der Waals surface area contributed by atoms with Gasteiger partial charge < -0.3 is 15.4 Å². The van der Waals surface area contributed by atoms with Crippen LogP contribution >= 0.6 is 0 Å². The Morgan fingerprint density at radius 2 is 2.00 bits per heavy atom. The monoisotopic (exact) mass is 224 g/mol. The molecule has 1 aromatic heterocycles. The third-order valence-electron chi connectivity index (χ3n) is 1.95. The molecule has 16 heavy (non-hydrogen) atoms. The Labute approximate surface area is 96.6 Å². The SMILES string of the molecule is CNc1cc(NCCOC(C)C)nc(C)n1. The number of nitrogens with one attached hydrogen (secondary N) is 2. The molecule has 5 nitrogen and oxygen atoms in total. The van der Waals surface area contributed by atoms with Crippen LogP contribution in [0.25, 0.3) is 0 Å². The zero-order chi connectivity index (χ0) is 12.0. The molecule has 0 unspecified atom stereocenters. The molecule has 1 rings (SSSR count). The Morgan fingerprint density at radius 3 is 2.62 bits per heavy atom. The molecular formula is C11H20N4O. The zero-order valence-electron chi connectivity index (χ0n) is 10.4. The van der Waals surface area contributed by atoms with Crippen LogP contribution in [0, 0.1) is 6.92 Å². The van der Waals surface area contributed by atoms with Gasteiger partial charge in [0, 0.05) is 19.7 Å². The molecule has 0 amide bonds. The molecule has 0 aliphatic carbocycles. The van der Waals surface area contributed by atoms with Crippen LogP contribution in [0.3, 0.4) is 0 Å². The van der Waals surface area contributed by atoms with Crippen LogP contribution in [0.15, 0.2) is 6.07 Å². The quantitative estimate of drug-likeness (QED) is 0.720. The number of anilines is 2. The summed E-state index contributed by atoms with van der Waals surface area (Å²) in [6, 6.07) is 1.88. The average Bonchev–Trinajstić information content (AvgIpc) is 2.23. The van der Waals surface area contributed by atoms with E-state index in [4.69, 9.17) is 4.74 Å². The number of aryl methyl sites for hydroxylation is 1. The van der Waals surface area contributed by atoms with E-state index in [-0.39, 0.29) is 6.10 Å². The minimum absolute atomic E-state index is 0.266. The summed E-state index contributed by atoms with van der Waals surface area (Å²) in [5.41, 5.74) is 0. The first-order valence-electron chi connectivity index (χ1n) is 5.50. The van der Waals surface area contributed by atoms with Gasteiger partial charge >= 0.3 is 0 Å². The molecule has 0 radical (unpaired) electrons. The van der Waals surface area contributed by atoms with Crippen LogP contribution in [0.2, 0.25) is 0 Å². The van der Waals surface area contributed by atoms with E-state index in [1.807, 2.05) is 33.9 Å². The van der Waals surface area contributed by atoms with E-state index in [2.05, 4.69) is 20.6 Å². The van der Waals surface area contributed by atoms with Gasteiger partial charge in [-0.3, -0.25) is 0 Å². The zero-order valence-corrected chi connectivity index (χ0v) is 10.4. The molecule has 0 atom stereocenters. The van der Waals surface area contributed by atoms with Crippen molar-refractivity contribution in [1.82, 2.24) is 9.97 Å². The topological polar surface area (TPSA) is 59.1 Å². The van der Waals surface area contributed by atoms with Crippen molar-refractivity contribution in [1.29, 1.82) is 0 Å². The van der Waals surface area contributed by atoms with Gasteiger partial charge in [0.2, 0.25) is 0 Å². The predicted octanol–water partition coefficient (Wildman–Crippen LogP) is 1.66. The highest BCUT2D eigenvalue weighted by atomic mass is 16.5. The smallest absolute Gasteiger partial charge is 0.131 e. The van der Waals surface area contributed by atoms with Crippen LogP contribution in [0.4, 0.5) is 11.6 Å². The first-order chi connectivity index (χ1) is 7.61. The lowest BCUT2D eigenvalue weighted by atomic mass is 10.4. The van der Waals surface area contributed by atoms with Crippen LogP contribution in [-0.4, -0.2) is 36.3 Å². The Morgan fingerprint density at radius 1 is 1.31 bits per heavy atom. The second kappa shape index (κ2) is 6.27. The van der Waals surface area contributed by atoms with Crippen molar-refractivity contribution < 1.29 is 4.74 Å². The Kier molecular flexibility index (Phi) is 4.98. The van der Waals surface area contributed by atoms with Crippen molar-refractivity contribution in [2.24, 2.45) is 0 Å². The number of rotatable bonds is 6. The van der Waals surface area contributed by atoms with Crippen molar-refractivity contribution >= 4 is 11.6 Å². The molecule has 5 heteroatoms. The molecule has 1 heterocycles. The summed E-state index contributed by atoms with van der Waals surface area (Å²) < 4.78 is 5.43. The van der Waals surface area contributed by atoms with E-state index in [0.717, 1.165) is 24.0 Å². The van der Waals surface area contributed by atoms with Crippen molar-refractivity contribution in [3.63, 3.8) is 0 Å². The first kappa shape index (κ1) is 12.7. The normalized spacial score (nSPS) is 10.6. The Bertz CT molecular complexity index is 328. The first-order valence-corrected chi connectivity index (χ1v) is 5.50. The van der Waals surface area contributed by atoms with Crippen molar-refractivity contribution in [3.8, 4) is 0 Å². The largest absolute Gasteiger partial charge is 0.377 e. The van der Waals surface area contributed by atoms with Gasteiger partial charge in [-0.05, 0) is 20.8 Å². The number of aromatic nitrogens is 2. The van der Waals surface area contributed by atoms with E-state index in [1.54, 1.807) is 0 Å². The number of nitrogens with zero attached hydrogens (tertiary/aromatic N) is 2. The maximum Gasteiger partial charge on any atom is 0.131 e. The van der Waals surface area contributed by atoms with Gasteiger partial charge in [0.15, 0.2) is 0 Å². The highest BCUT2D eigenvalue weighted by Gasteiger charge is 2.00.